The fraction of sp³-hybridized carbons (Fsp3) is 0.278. The molecule has 1 aliphatic heterocycles. The molecule has 0 saturated carbocycles. The van der Waals surface area contributed by atoms with Crippen LogP contribution in [0, 0.1) is 0 Å². The quantitative estimate of drug-likeness (QED) is 0.678. The highest BCUT2D eigenvalue weighted by atomic mass is 32.2. The van der Waals surface area contributed by atoms with Crippen LogP contribution in [0.1, 0.15) is 0 Å². The minimum Gasteiger partial charge on any atom is -0.486 e. The Morgan fingerprint density at radius 1 is 1.00 bits per heavy atom. The Balaban J connectivity index is 1.59. The molecule has 1 amide bonds. The van der Waals surface area contributed by atoms with Crippen molar-refractivity contribution in [3.05, 3.63) is 42.5 Å². The van der Waals surface area contributed by atoms with Gasteiger partial charge in [0.25, 0.3) is 10.0 Å². The number of anilines is 2. The summed E-state index contributed by atoms with van der Waals surface area (Å²) in [6.45, 7) is -1.59. The van der Waals surface area contributed by atoms with Gasteiger partial charge in [0.2, 0.25) is 5.91 Å². The first-order chi connectivity index (χ1) is 14.1. The number of carbonyl (C=O) groups excluding carboxylic acids is 1. The maximum Gasteiger partial charge on any atom is 0.411 e. The molecule has 0 atom stereocenters. The van der Waals surface area contributed by atoms with Gasteiger partial charge in [0.1, 0.15) is 26.4 Å². The van der Waals surface area contributed by atoms with E-state index in [1.54, 1.807) is 0 Å². The van der Waals surface area contributed by atoms with E-state index in [2.05, 4.69) is 14.8 Å². The molecule has 0 aromatic heterocycles. The smallest absolute Gasteiger partial charge is 0.411 e. The van der Waals surface area contributed by atoms with Gasteiger partial charge in [-0.2, -0.15) is 13.2 Å². The van der Waals surface area contributed by atoms with Crippen molar-refractivity contribution in [2.24, 2.45) is 0 Å². The molecule has 0 aliphatic carbocycles. The highest BCUT2D eigenvalue weighted by Crippen LogP contribution is 2.32. The summed E-state index contributed by atoms with van der Waals surface area (Å²) in [6.07, 6.45) is -4.52. The average Bonchev–Trinajstić information content (AvgIpc) is 2.68. The van der Waals surface area contributed by atoms with Crippen LogP contribution in [0.2, 0.25) is 0 Å². The summed E-state index contributed by atoms with van der Waals surface area (Å²) in [5.74, 6) is 0.0123. The van der Waals surface area contributed by atoms with Crippen molar-refractivity contribution in [2.75, 3.05) is 36.5 Å². The van der Waals surface area contributed by atoms with Crippen LogP contribution in [0.3, 0.4) is 0 Å². The van der Waals surface area contributed by atoms with Crippen LogP contribution < -0.4 is 19.5 Å². The highest BCUT2D eigenvalue weighted by Gasteiger charge is 2.27. The van der Waals surface area contributed by atoms with E-state index in [1.807, 2.05) is 0 Å². The fourth-order valence-electron chi connectivity index (χ4n) is 2.48. The SMILES string of the molecule is O=C(COCC(F)(F)F)Nc1ccc(NS(=O)(=O)c2ccc3c(c2)OCCO3)cc1. The molecule has 12 heteroatoms. The van der Waals surface area contributed by atoms with E-state index >= 15 is 0 Å². The number of nitrogens with one attached hydrogen (secondary N) is 2. The third-order valence-electron chi connectivity index (χ3n) is 3.74. The number of hydrogen-bond donors (Lipinski definition) is 2. The van der Waals surface area contributed by atoms with Crippen LogP contribution in [-0.4, -0.2) is 46.9 Å². The molecular weight excluding hydrogens is 429 g/mol. The zero-order chi connectivity index (χ0) is 21.8. The summed E-state index contributed by atoms with van der Waals surface area (Å²) in [5.41, 5.74) is 0.481. The summed E-state index contributed by atoms with van der Waals surface area (Å²) in [7, 11) is -3.91. The first-order valence-corrected chi connectivity index (χ1v) is 10.1. The third-order valence-corrected chi connectivity index (χ3v) is 5.12. The second-order valence-corrected chi connectivity index (χ2v) is 7.83. The number of alkyl halides is 3. The summed E-state index contributed by atoms with van der Waals surface area (Å²) in [6, 6.07) is 9.80. The Hall–Kier alpha value is -2.99. The van der Waals surface area contributed by atoms with Gasteiger partial charge in [-0.05, 0) is 36.4 Å². The zero-order valence-electron chi connectivity index (χ0n) is 15.4. The van der Waals surface area contributed by atoms with Gasteiger partial charge in [-0.25, -0.2) is 8.42 Å². The molecule has 30 heavy (non-hydrogen) atoms. The highest BCUT2D eigenvalue weighted by molar-refractivity contribution is 7.92. The van der Waals surface area contributed by atoms with E-state index in [1.165, 1.54) is 42.5 Å². The first kappa shape index (κ1) is 21.7. The molecule has 8 nitrogen and oxygen atoms in total. The largest absolute Gasteiger partial charge is 0.486 e. The summed E-state index contributed by atoms with van der Waals surface area (Å²) in [4.78, 5) is 11.6. The van der Waals surface area contributed by atoms with Crippen LogP contribution >= 0.6 is 0 Å². The Bertz CT molecular complexity index is 1010. The molecular formula is C18H17F3N2O6S. The van der Waals surface area contributed by atoms with E-state index < -0.39 is 35.3 Å². The molecule has 3 rings (SSSR count). The van der Waals surface area contributed by atoms with Crippen molar-refractivity contribution >= 4 is 27.3 Å². The minimum absolute atomic E-state index is 0.0223. The number of rotatable bonds is 7. The summed E-state index contributed by atoms with van der Waals surface area (Å²) in [5, 5.41) is 2.35. The lowest BCUT2D eigenvalue weighted by atomic mass is 10.3. The van der Waals surface area contributed by atoms with Crippen LogP contribution in [0.4, 0.5) is 24.5 Å². The predicted octanol–water partition coefficient (Wildman–Crippen LogP) is 2.78. The molecule has 1 aliphatic rings. The van der Waals surface area contributed by atoms with Crippen molar-refractivity contribution in [1.29, 1.82) is 0 Å². The summed E-state index contributed by atoms with van der Waals surface area (Å²) >= 11 is 0. The molecule has 0 unspecified atom stereocenters. The topological polar surface area (TPSA) is 103 Å². The van der Waals surface area contributed by atoms with Gasteiger partial charge in [-0.3, -0.25) is 9.52 Å². The van der Waals surface area contributed by atoms with Crippen molar-refractivity contribution in [3.63, 3.8) is 0 Å². The third kappa shape index (κ3) is 6.00. The molecule has 2 N–H and O–H groups in total. The molecule has 0 saturated heterocycles. The van der Waals surface area contributed by atoms with Crippen LogP contribution in [0.5, 0.6) is 11.5 Å². The van der Waals surface area contributed by atoms with Gasteiger partial charge in [0, 0.05) is 17.4 Å². The number of ether oxygens (including phenoxy) is 3. The predicted molar refractivity (Wildman–Crippen MR) is 100 cm³/mol. The van der Waals surface area contributed by atoms with Crippen molar-refractivity contribution in [3.8, 4) is 11.5 Å². The molecule has 162 valence electrons. The number of sulfonamides is 1. The van der Waals surface area contributed by atoms with Gasteiger partial charge in [-0.15, -0.1) is 0 Å². The fourth-order valence-corrected chi connectivity index (χ4v) is 3.56. The van der Waals surface area contributed by atoms with Gasteiger partial charge in [0.05, 0.1) is 4.90 Å². The van der Waals surface area contributed by atoms with E-state index in [0.29, 0.717) is 24.7 Å². The zero-order valence-corrected chi connectivity index (χ0v) is 16.2. The molecule has 0 radical (unpaired) electrons. The number of benzene rings is 2. The Labute approximate surface area is 170 Å². The van der Waals surface area contributed by atoms with E-state index in [9.17, 15) is 26.4 Å². The lowest BCUT2D eigenvalue weighted by molar-refractivity contribution is -0.174. The second-order valence-electron chi connectivity index (χ2n) is 6.14. The van der Waals surface area contributed by atoms with Gasteiger partial charge in [-0.1, -0.05) is 0 Å². The van der Waals surface area contributed by atoms with Gasteiger partial charge < -0.3 is 19.5 Å². The van der Waals surface area contributed by atoms with E-state index in [0.717, 1.165) is 0 Å². The number of hydrogen-bond acceptors (Lipinski definition) is 6. The molecule has 0 spiro atoms. The number of halogens is 3. The lowest BCUT2D eigenvalue weighted by Gasteiger charge is -2.19. The first-order valence-electron chi connectivity index (χ1n) is 8.59. The minimum atomic E-state index is -4.52. The average molecular weight is 446 g/mol. The van der Waals surface area contributed by atoms with Gasteiger partial charge in [0.15, 0.2) is 11.5 Å². The summed E-state index contributed by atoms with van der Waals surface area (Å²) < 4.78 is 78.5. The normalized spacial score (nSPS) is 13.6. The maximum atomic E-state index is 12.6. The van der Waals surface area contributed by atoms with Crippen LogP contribution in [-0.2, 0) is 19.6 Å². The molecule has 0 bridgehead atoms. The van der Waals surface area contributed by atoms with Crippen LogP contribution in [0.15, 0.2) is 47.4 Å². The molecule has 0 fully saturated rings. The Kier molecular flexibility index (Phi) is 6.37. The van der Waals surface area contributed by atoms with Crippen molar-refractivity contribution in [1.82, 2.24) is 0 Å². The number of carbonyl (C=O) groups is 1. The Morgan fingerprint density at radius 3 is 2.30 bits per heavy atom. The van der Waals surface area contributed by atoms with Crippen molar-refractivity contribution < 1.29 is 40.6 Å². The van der Waals surface area contributed by atoms with E-state index in [4.69, 9.17) is 9.47 Å². The monoisotopic (exact) mass is 446 g/mol. The molecule has 2 aromatic rings. The second kappa shape index (κ2) is 8.79. The Morgan fingerprint density at radius 2 is 1.63 bits per heavy atom. The molecule has 2 aromatic carbocycles. The van der Waals surface area contributed by atoms with Crippen molar-refractivity contribution in [2.45, 2.75) is 11.1 Å². The number of amides is 1. The lowest BCUT2D eigenvalue weighted by Crippen LogP contribution is -2.24. The van der Waals surface area contributed by atoms with Crippen LogP contribution in [0.25, 0.3) is 0 Å². The molecule has 1 heterocycles. The van der Waals surface area contributed by atoms with E-state index in [-0.39, 0.29) is 16.3 Å². The maximum absolute atomic E-state index is 12.6. The standard InChI is InChI=1S/C18H17F3N2O6S/c19-18(20,21)11-27-10-17(24)22-12-1-3-13(4-2-12)23-30(25,26)14-5-6-15-16(9-14)29-8-7-28-15/h1-6,9,23H,7-8,10-11H2,(H,22,24). The van der Waals surface area contributed by atoms with Gasteiger partial charge >= 0.3 is 6.18 Å². The number of fused-ring (bicyclic) bond motifs is 1.